The Kier molecular flexibility index (Phi) is 6.38. The van der Waals surface area contributed by atoms with E-state index in [4.69, 9.17) is 9.84 Å². The number of aliphatic carboxylic acids is 1. The zero-order chi connectivity index (χ0) is 19.4. The molecule has 26 heavy (non-hydrogen) atoms. The molecular weight excluding hydrogens is 360 g/mol. The van der Waals surface area contributed by atoms with Crippen molar-refractivity contribution in [3.63, 3.8) is 0 Å². The van der Waals surface area contributed by atoms with Gasteiger partial charge in [-0.05, 0) is 44.5 Å². The van der Waals surface area contributed by atoms with Crippen molar-refractivity contribution in [2.24, 2.45) is 0 Å². The predicted molar refractivity (Wildman–Crippen MR) is 94.4 cm³/mol. The van der Waals surface area contributed by atoms with E-state index in [2.05, 4.69) is 4.72 Å². The predicted octanol–water partition coefficient (Wildman–Crippen LogP) is 1.08. The van der Waals surface area contributed by atoms with Gasteiger partial charge in [0.25, 0.3) is 5.91 Å². The molecule has 1 fully saturated rings. The van der Waals surface area contributed by atoms with E-state index in [9.17, 15) is 18.0 Å². The van der Waals surface area contributed by atoms with Gasteiger partial charge >= 0.3 is 5.97 Å². The first-order valence-corrected chi connectivity index (χ1v) is 9.82. The van der Waals surface area contributed by atoms with Gasteiger partial charge in [-0.2, -0.15) is 0 Å². The molecule has 0 saturated carbocycles. The van der Waals surface area contributed by atoms with Gasteiger partial charge < -0.3 is 14.7 Å². The van der Waals surface area contributed by atoms with Crippen LogP contribution in [-0.4, -0.2) is 62.1 Å². The molecule has 1 aliphatic rings. The van der Waals surface area contributed by atoms with Crippen LogP contribution in [0.15, 0.2) is 29.2 Å². The van der Waals surface area contributed by atoms with Crippen LogP contribution in [-0.2, 0) is 19.6 Å². The van der Waals surface area contributed by atoms with Crippen molar-refractivity contribution in [2.45, 2.75) is 37.1 Å². The molecule has 9 heteroatoms. The summed E-state index contributed by atoms with van der Waals surface area (Å²) in [6.45, 7) is 5.27. The lowest BCUT2D eigenvalue weighted by Crippen LogP contribution is -2.43. The van der Waals surface area contributed by atoms with Crippen LogP contribution in [0.5, 0.6) is 0 Å². The summed E-state index contributed by atoms with van der Waals surface area (Å²) in [5, 5.41) is 8.76. The van der Waals surface area contributed by atoms with E-state index in [-0.39, 0.29) is 23.6 Å². The van der Waals surface area contributed by atoms with Gasteiger partial charge in [-0.1, -0.05) is 0 Å². The highest BCUT2D eigenvalue weighted by Crippen LogP contribution is 2.18. The molecule has 1 aromatic carbocycles. The molecule has 1 aliphatic heterocycles. The van der Waals surface area contributed by atoms with Gasteiger partial charge in [0, 0.05) is 30.6 Å². The SMILES string of the molecule is CC(C)(CCC(=O)O)NS(=O)(=O)c1ccc(C(=O)N2CCOCC2)cc1. The minimum absolute atomic E-state index is 0.0272. The van der Waals surface area contributed by atoms with Crippen molar-refractivity contribution in [2.75, 3.05) is 26.3 Å². The van der Waals surface area contributed by atoms with Crippen LogP contribution < -0.4 is 4.72 Å². The Morgan fingerprint density at radius 1 is 1.19 bits per heavy atom. The van der Waals surface area contributed by atoms with Gasteiger partial charge in [0.05, 0.1) is 18.1 Å². The molecule has 1 aromatic rings. The highest BCUT2D eigenvalue weighted by molar-refractivity contribution is 7.89. The van der Waals surface area contributed by atoms with E-state index < -0.39 is 21.5 Å². The number of carboxylic acids is 1. The molecule has 0 atom stereocenters. The number of rotatable bonds is 7. The molecule has 0 aliphatic carbocycles. The van der Waals surface area contributed by atoms with E-state index in [1.54, 1.807) is 18.7 Å². The number of ether oxygens (including phenoxy) is 1. The first-order valence-electron chi connectivity index (χ1n) is 8.34. The Bertz CT molecular complexity index is 752. The molecule has 0 radical (unpaired) electrons. The summed E-state index contributed by atoms with van der Waals surface area (Å²) in [4.78, 5) is 24.8. The summed E-state index contributed by atoms with van der Waals surface area (Å²) in [6, 6.07) is 5.72. The smallest absolute Gasteiger partial charge is 0.303 e. The minimum Gasteiger partial charge on any atom is -0.481 e. The van der Waals surface area contributed by atoms with Crippen molar-refractivity contribution in [1.82, 2.24) is 9.62 Å². The average molecular weight is 384 g/mol. The number of carbonyl (C=O) groups excluding carboxylic acids is 1. The number of amides is 1. The molecule has 144 valence electrons. The molecule has 1 saturated heterocycles. The number of hydrogen-bond acceptors (Lipinski definition) is 5. The second-order valence-electron chi connectivity index (χ2n) is 6.81. The molecule has 2 rings (SSSR count). The Labute approximate surface area is 153 Å². The fourth-order valence-electron chi connectivity index (χ4n) is 2.62. The van der Waals surface area contributed by atoms with Crippen LogP contribution in [0.3, 0.4) is 0 Å². The second-order valence-corrected chi connectivity index (χ2v) is 8.49. The monoisotopic (exact) mass is 384 g/mol. The molecule has 0 unspecified atom stereocenters. The summed E-state index contributed by atoms with van der Waals surface area (Å²) in [5.41, 5.74) is -0.490. The molecule has 0 aromatic heterocycles. The van der Waals surface area contributed by atoms with Crippen LogP contribution in [0.2, 0.25) is 0 Å². The second kappa shape index (κ2) is 8.15. The molecule has 8 nitrogen and oxygen atoms in total. The first kappa shape index (κ1) is 20.3. The lowest BCUT2D eigenvalue weighted by atomic mass is 10.0. The minimum atomic E-state index is -3.82. The Balaban J connectivity index is 2.08. The lowest BCUT2D eigenvalue weighted by molar-refractivity contribution is -0.137. The van der Waals surface area contributed by atoms with Crippen LogP contribution >= 0.6 is 0 Å². The van der Waals surface area contributed by atoms with Crippen molar-refractivity contribution in [1.29, 1.82) is 0 Å². The maximum Gasteiger partial charge on any atom is 0.303 e. The Hall–Kier alpha value is -1.97. The van der Waals surface area contributed by atoms with Gasteiger partial charge in [-0.25, -0.2) is 13.1 Å². The lowest BCUT2D eigenvalue weighted by Gasteiger charge is -2.27. The van der Waals surface area contributed by atoms with Gasteiger partial charge in [0.2, 0.25) is 10.0 Å². The summed E-state index contributed by atoms with van der Waals surface area (Å²) in [6.07, 6.45) is 0.0255. The standard InChI is InChI=1S/C17H24N2O6S/c1-17(2,8-7-15(20)21)18-26(23,24)14-5-3-13(4-6-14)16(22)19-9-11-25-12-10-19/h3-6,18H,7-12H2,1-2H3,(H,20,21). The summed E-state index contributed by atoms with van der Waals surface area (Å²) in [5.74, 6) is -1.14. The van der Waals surface area contributed by atoms with E-state index in [0.717, 1.165) is 0 Å². The number of morpholine rings is 1. The summed E-state index contributed by atoms with van der Waals surface area (Å²) < 4.78 is 32.7. The van der Waals surface area contributed by atoms with Gasteiger partial charge in [0.15, 0.2) is 0 Å². The van der Waals surface area contributed by atoms with Crippen molar-refractivity contribution < 1.29 is 27.9 Å². The van der Waals surface area contributed by atoms with Crippen LogP contribution in [0.25, 0.3) is 0 Å². The normalized spacial score (nSPS) is 15.7. The zero-order valence-corrected chi connectivity index (χ0v) is 15.7. The van der Waals surface area contributed by atoms with E-state index >= 15 is 0 Å². The molecule has 0 bridgehead atoms. The highest BCUT2D eigenvalue weighted by Gasteiger charge is 2.27. The fraction of sp³-hybridized carbons (Fsp3) is 0.529. The van der Waals surface area contributed by atoms with Crippen LogP contribution in [0, 0.1) is 0 Å². The first-order chi connectivity index (χ1) is 12.1. The van der Waals surface area contributed by atoms with Crippen LogP contribution in [0.1, 0.15) is 37.0 Å². The summed E-state index contributed by atoms with van der Waals surface area (Å²) in [7, 11) is -3.82. The highest BCUT2D eigenvalue weighted by atomic mass is 32.2. The Morgan fingerprint density at radius 2 is 1.77 bits per heavy atom. The van der Waals surface area contributed by atoms with Gasteiger partial charge in [-0.15, -0.1) is 0 Å². The van der Waals surface area contributed by atoms with E-state index in [1.807, 2.05) is 0 Å². The van der Waals surface area contributed by atoms with Gasteiger partial charge in [0.1, 0.15) is 0 Å². The molecular formula is C17H24N2O6S. The third-order valence-corrected chi connectivity index (χ3v) is 5.80. The number of hydrogen-bond donors (Lipinski definition) is 2. The number of sulfonamides is 1. The van der Waals surface area contributed by atoms with E-state index in [1.165, 1.54) is 24.3 Å². The third kappa shape index (κ3) is 5.52. The van der Waals surface area contributed by atoms with Crippen LogP contribution in [0.4, 0.5) is 0 Å². The molecule has 2 N–H and O–H groups in total. The zero-order valence-electron chi connectivity index (χ0n) is 14.9. The number of nitrogens with one attached hydrogen (secondary N) is 1. The number of nitrogens with zero attached hydrogens (tertiary/aromatic N) is 1. The maximum absolute atomic E-state index is 12.5. The average Bonchev–Trinajstić information content (AvgIpc) is 2.59. The number of benzene rings is 1. The van der Waals surface area contributed by atoms with Gasteiger partial charge in [-0.3, -0.25) is 9.59 Å². The molecule has 0 spiro atoms. The molecule has 1 amide bonds. The van der Waals surface area contributed by atoms with E-state index in [0.29, 0.717) is 31.9 Å². The van der Waals surface area contributed by atoms with Crippen molar-refractivity contribution in [3.05, 3.63) is 29.8 Å². The maximum atomic E-state index is 12.5. The number of carboxylic acid groups (broad SMARTS) is 1. The largest absolute Gasteiger partial charge is 0.481 e. The molecule has 1 heterocycles. The quantitative estimate of drug-likeness (QED) is 0.727. The Morgan fingerprint density at radius 3 is 2.31 bits per heavy atom. The van der Waals surface area contributed by atoms with Crippen molar-refractivity contribution in [3.8, 4) is 0 Å². The summed E-state index contributed by atoms with van der Waals surface area (Å²) >= 11 is 0. The third-order valence-electron chi connectivity index (χ3n) is 4.08. The number of carbonyl (C=O) groups is 2. The van der Waals surface area contributed by atoms with Crippen molar-refractivity contribution >= 4 is 21.9 Å². The topological polar surface area (TPSA) is 113 Å². The fourth-order valence-corrected chi connectivity index (χ4v) is 4.06.